The number of rotatable bonds is 4. The molecule has 1 aliphatic rings. The topological polar surface area (TPSA) is 38.0 Å². The predicted molar refractivity (Wildman–Crippen MR) is 53.6 cm³/mol. The van der Waals surface area contributed by atoms with E-state index < -0.39 is 0 Å². The second kappa shape index (κ2) is 3.72. The Morgan fingerprint density at radius 3 is 3.08 bits per heavy atom. The van der Waals surface area contributed by atoms with Crippen molar-refractivity contribution in [1.82, 2.24) is 9.78 Å². The van der Waals surface area contributed by atoms with Crippen molar-refractivity contribution in [1.29, 1.82) is 0 Å². The molecular weight excluding hydrogens is 184 g/mol. The number of thioether (sulfide) groups is 1. The molecule has 1 aliphatic heterocycles. The highest BCUT2D eigenvalue weighted by Crippen LogP contribution is 2.36. The summed E-state index contributed by atoms with van der Waals surface area (Å²) in [5.74, 6) is 1.41. The van der Waals surface area contributed by atoms with Crippen LogP contribution in [-0.2, 0) is 6.54 Å². The minimum Gasteiger partial charge on any atom is -0.392 e. The van der Waals surface area contributed by atoms with E-state index in [0.717, 1.165) is 12.3 Å². The largest absolute Gasteiger partial charge is 0.392 e. The van der Waals surface area contributed by atoms with E-state index in [4.69, 9.17) is 0 Å². The molecule has 0 bridgehead atoms. The van der Waals surface area contributed by atoms with E-state index in [-0.39, 0.29) is 6.10 Å². The number of hydrogen-bond acceptors (Lipinski definition) is 3. The molecule has 1 N–H and O–H groups in total. The highest BCUT2D eigenvalue weighted by molar-refractivity contribution is 8.06. The second-order valence-corrected chi connectivity index (χ2v) is 4.84. The molecule has 0 aromatic carbocycles. The van der Waals surface area contributed by atoms with Crippen LogP contribution in [0.2, 0.25) is 0 Å². The molecule has 0 radical (unpaired) electrons. The van der Waals surface area contributed by atoms with Crippen molar-refractivity contribution in [2.75, 3.05) is 5.75 Å². The maximum atomic E-state index is 9.79. The van der Waals surface area contributed by atoms with Gasteiger partial charge in [0.15, 0.2) is 0 Å². The third kappa shape index (κ3) is 2.25. The Kier molecular flexibility index (Phi) is 2.60. The summed E-state index contributed by atoms with van der Waals surface area (Å²) < 4.78 is 1.88. The van der Waals surface area contributed by atoms with E-state index in [2.05, 4.69) is 12.0 Å². The average molecular weight is 198 g/mol. The quantitative estimate of drug-likeness (QED) is 0.733. The van der Waals surface area contributed by atoms with Crippen molar-refractivity contribution in [2.45, 2.75) is 24.8 Å². The van der Waals surface area contributed by atoms with Gasteiger partial charge < -0.3 is 5.11 Å². The van der Waals surface area contributed by atoms with Gasteiger partial charge in [-0.15, -0.1) is 0 Å². The predicted octanol–water partition coefficient (Wildman–Crippen LogP) is 0.995. The van der Waals surface area contributed by atoms with Gasteiger partial charge in [0.05, 0.1) is 6.10 Å². The molecule has 3 atom stereocenters. The molecular formula is C9H14N2OS. The van der Waals surface area contributed by atoms with E-state index >= 15 is 0 Å². The first kappa shape index (κ1) is 9.09. The lowest BCUT2D eigenvalue weighted by Gasteiger charge is -2.17. The monoisotopic (exact) mass is 198 g/mol. The molecule has 4 heteroatoms. The highest BCUT2D eigenvalue weighted by Gasteiger charge is 2.34. The van der Waals surface area contributed by atoms with Gasteiger partial charge in [-0.2, -0.15) is 16.9 Å². The van der Waals surface area contributed by atoms with E-state index in [1.54, 1.807) is 6.20 Å². The molecule has 2 rings (SSSR count). The second-order valence-electron chi connectivity index (χ2n) is 3.57. The number of nitrogens with zero attached hydrogens (tertiary/aromatic N) is 2. The molecule has 3 nitrogen and oxygen atoms in total. The lowest BCUT2D eigenvalue weighted by Crippen LogP contribution is -2.26. The van der Waals surface area contributed by atoms with E-state index in [1.165, 1.54) is 0 Å². The van der Waals surface area contributed by atoms with Gasteiger partial charge in [-0.25, -0.2) is 0 Å². The Labute approximate surface area is 82.1 Å². The van der Waals surface area contributed by atoms with Crippen LogP contribution in [0.15, 0.2) is 18.5 Å². The molecule has 1 aromatic heterocycles. The maximum absolute atomic E-state index is 9.79. The Hall–Kier alpha value is -0.480. The fraction of sp³-hybridized carbons (Fsp3) is 0.667. The summed E-state index contributed by atoms with van der Waals surface area (Å²) in [7, 11) is 0. The Bertz CT molecular complexity index is 259. The summed E-state index contributed by atoms with van der Waals surface area (Å²) >= 11 is 1.84. The summed E-state index contributed by atoms with van der Waals surface area (Å²) in [6.45, 7) is 2.89. The van der Waals surface area contributed by atoms with Crippen LogP contribution >= 0.6 is 11.8 Å². The van der Waals surface area contributed by atoms with Gasteiger partial charge in [0, 0.05) is 35.9 Å². The molecule has 0 spiro atoms. The molecule has 1 aromatic rings. The minimum absolute atomic E-state index is 0.172. The van der Waals surface area contributed by atoms with Crippen LogP contribution in [0, 0.1) is 5.92 Å². The van der Waals surface area contributed by atoms with Gasteiger partial charge >= 0.3 is 0 Å². The lowest BCUT2D eigenvalue weighted by atomic mass is 10.0. The van der Waals surface area contributed by atoms with E-state index in [0.29, 0.717) is 11.2 Å². The molecule has 0 saturated carbocycles. The van der Waals surface area contributed by atoms with Crippen LogP contribution in [0.5, 0.6) is 0 Å². The number of aromatic nitrogens is 2. The van der Waals surface area contributed by atoms with Gasteiger partial charge in [-0.1, -0.05) is 6.92 Å². The van der Waals surface area contributed by atoms with Crippen molar-refractivity contribution in [3.05, 3.63) is 18.5 Å². The first-order valence-corrected chi connectivity index (χ1v) is 5.59. The smallest absolute Gasteiger partial charge is 0.0709 e. The van der Waals surface area contributed by atoms with Crippen molar-refractivity contribution in [3.63, 3.8) is 0 Å². The summed E-state index contributed by atoms with van der Waals surface area (Å²) in [6.07, 6.45) is 3.53. The van der Waals surface area contributed by atoms with Gasteiger partial charge in [0.1, 0.15) is 0 Å². The summed E-state index contributed by atoms with van der Waals surface area (Å²) in [6, 6.07) is 1.91. The third-order valence-corrected chi connectivity index (χ3v) is 3.35. The SMILES string of the molecule is C[C@@H](Cn1cccn1)C(O)C1CS1. The van der Waals surface area contributed by atoms with Crippen LogP contribution in [0.25, 0.3) is 0 Å². The van der Waals surface area contributed by atoms with Crippen molar-refractivity contribution in [3.8, 4) is 0 Å². The molecule has 1 saturated heterocycles. The van der Waals surface area contributed by atoms with Gasteiger partial charge in [0.25, 0.3) is 0 Å². The van der Waals surface area contributed by atoms with E-state index in [9.17, 15) is 5.11 Å². The fourth-order valence-electron chi connectivity index (χ4n) is 1.43. The van der Waals surface area contributed by atoms with Crippen LogP contribution in [0.1, 0.15) is 6.92 Å². The number of aliphatic hydroxyl groups excluding tert-OH is 1. The first-order chi connectivity index (χ1) is 6.27. The van der Waals surface area contributed by atoms with Crippen molar-refractivity contribution < 1.29 is 5.11 Å². The van der Waals surface area contributed by atoms with E-state index in [1.807, 2.05) is 28.7 Å². The summed E-state index contributed by atoms with van der Waals surface area (Å²) in [5.41, 5.74) is 0. The van der Waals surface area contributed by atoms with Crippen molar-refractivity contribution in [2.24, 2.45) is 5.92 Å². The molecule has 1 fully saturated rings. The zero-order valence-corrected chi connectivity index (χ0v) is 8.44. The molecule has 2 heterocycles. The Morgan fingerprint density at radius 2 is 2.54 bits per heavy atom. The first-order valence-electron chi connectivity index (χ1n) is 4.54. The zero-order chi connectivity index (χ0) is 9.26. The van der Waals surface area contributed by atoms with Crippen LogP contribution < -0.4 is 0 Å². The van der Waals surface area contributed by atoms with Gasteiger partial charge in [-0.05, 0) is 6.07 Å². The van der Waals surface area contributed by atoms with Crippen LogP contribution in [-0.4, -0.2) is 32.0 Å². The normalized spacial score (nSPS) is 25.5. The Morgan fingerprint density at radius 1 is 1.77 bits per heavy atom. The molecule has 72 valence electrons. The molecule has 0 aliphatic carbocycles. The summed E-state index contributed by atoms with van der Waals surface area (Å²) in [5, 5.41) is 14.4. The van der Waals surface area contributed by atoms with Gasteiger partial charge in [-0.3, -0.25) is 4.68 Å². The Balaban J connectivity index is 1.86. The molecule has 13 heavy (non-hydrogen) atoms. The zero-order valence-electron chi connectivity index (χ0n) is 7.63. The number of hydrogen-bond donors (Lipinski definition) is 1. The van der Waals surface area contributed by atoms with Crippen molar-refractivity contribution >= 4 is 11.8 Å². The number of aliphatic hydroxyl groups is 1. The minimum atomic E-state index is -0.172. The van der Waals surface area contributed by atoms with Crippen LogP contribution in [0.3, 0.4) is 0 Å². The third-order valence-electron chi connectivity index (χ3n) is 2.36. The molecule has 0 amide bonds. The molecule has 2 unspecified atom stereocenters. The fourth-order valence-corrected chi connectivity index (χ4v) is 2.20. The van der Waals surface area contributed by atoms with Gasteiger partial charge in [0.2, 0.25) is 0 Å². The van der Waals surface area contributed by atoms with Crippen LogP contribution in [0.4, 0.5) is 0 Å². The lowest BCUT2D eigenvalue weighted by molar-refractivity contribution is 0.113. The highest BCUT2D eigenvalue weighted by atomic mass is 32.2. The standard InChI is InChI=1S/C9H14N2OS/c1-7(9(12)8-6-13-8)5-11-4-2-3-10-11/h2-4,7-9,12H,5-6H2,1H3/t7-,8?,9?/m0/s1. The summed E-state index contributed by atoms with van der Waals surface area (Å²) in [4.78, 5) is 0. The average Bonchev–Trinajstić information content (AvgIpc) is 2.85. The maximum Gasteiger partial charge on any atom is 0.0709 e.